The van der Waals surface area contributed by atoms with Crippen molar-refractivity contribution in [2.24, 2.45) is 0 Å². The van der Waals surface area contributed by atoms with Crippen LogP contribution in [0.25, 0.3) is 0 Å². The molecule has 0 aliphatic rings. The van der Waals surface area contributed by atoms with Crippen LogP contribution in [0.15, 0.2) is 39.3 Å². The third-order valence-electron chi connectivity index (χ3n) is 3.27. The Balaban J connectivity index is 2.29. The number of aromatic hydroxyl groups is 1. The topological polar surface area (TPSA) is 41.5 Å². The molecule has 1 atom stereocenters. The summed E-state index contributed by atoms with van der Waals surface area (Å²) in [5, 5.41) is 13.5. The van der Waals surface area contributed by atoms with Gasteiger partial charge in [0.2, 0.25) is 0 Å². The summed E-state index contributed by atoms with van der Waals surface area (Å²) in [6.07, 6.45) is 0. The fourth-order valence-corrected chi connectivity index (χ4v) is 3.40. The Hall–Kier alpha value is -1.20. The van der Waals surface area contributed by atoms with E-state index in [1.54, 1.807) is 13.2 Å². The minimum Gasteiger partial charge on any atom is -0.508 e. The number of phenols is 1. The van der Waals surface area contributed by atoms with E-state index in [1.807, 2.05) is 38.1 Å². The van der Waals surface area contributed by atoms with E-state index >= 15 is 0 Å². The van der Waals surface area contributed by atoms with Crippen molar-refractivity contribution in [2.75, 3.05) is 12.4 Å². The number of halogens is 2. The van der Waals surface area contributed by atoms with Gasteiger partial charge in [-0.25, -0.2) is 0 Å². The lowest BCUT2D eigenvalue weighted by molar-refractivity contribution is 0.412. The second-order valence-corrected chi connectivity index (χ2v) is 6.60. The first-order valence-corrected chi connectivity index (χ1v) is 8.10. The molecule has 0 saturated carbocycles. The molecule has 112 valence electrons. The minimum atomic E-state index is -0.0345. The first-order chi connectivity index (χ1) is 9.92. The van der Waals surface area contributed by atoms with E-state index in [4.69, 9.17) is 4.74 Å². The van der Waals surface area contributed by atoms with Crippen molar-refractivity contribution in [3.63, 3.8) is 0 Å². The van der Waals surface area contributed by atoms with Crippen molar-refractivity contribution < 1.29 is 9.84 Å². The molecular formula is C16H17Br2NO2. The molecule has 0 aromatic heterocycles. The Morgan fingerprint density at radius 3 is 2.48 bits per heavy atom. The highest BCUT2D eigenvalue weighted by Crippen LogP contribution is 2.37. The molecule has 2 aromatic carbocycles. The summed E-state index contributed by atoms with van der Waals surface area (Å²) >= 11 is 6.98. The third kappa shape index (κ3) is 3.71. The van der Waals surface area contributed by atoms with E-state index in [-0.39, 0.29) is 6.04 Å². The van der Waals surface area contributed by atoms with Crippen LogP contribution in [0.1, 0.15) is 24.1 Å². The molecule has 0 aliphatic heterocycles. The van der Waals surface area contributed by atoms with E-state index in [9.17, 15) is 5.11 Å². The van der Waals surface area contributed by atoms with Crippen LogP contribution < -0.4 is 10.1 Å². The average molecular weight is 415 g/mol. The third-order valence-corrected chi connectivity index (χ3v) is 4.54. The lowest BCUT2D eigenvalue weighted by Gasteiger charge is -2.19. The van der Waals surface area contributed by atoms with Crippen LogP contribution in [0, 0.1) is 6.92 Å². The van der Waals surface area contributed by atoms with Crippen molar-refractivity contribution >= 4 is 37.5 Å². The highest BCUT2D eigenvalue weighted by molar-refractivity contribution is 9.11. The molecule has 0 bridgehead atoms. The largest absolute Gasteiger partial charge is 0.508 e. The van der Waals surface area contributed by atoms with Gasteiger partial charge in [0, 0.05) is 16.1 Å². The number of rotatable bonds is 4. The number of anilines is 1. The minimum absolute atomic E-state index is 0.0345. The molecule has 0 amide bonds. The summed E-state index contributed by atoms with van der Waals surface area (Å²) in [5.74, 6) is 1.05. The number of nitrogens with one attached hydrogen (secondary N) is 1. The molecule has 2 aromatic rings. The second kappa shape index (κ2) is 6.71. The Bertz CT molecular complexity index is 659. The monoisotopic (exact) mass is 413 g/mol. The molecule has 0 radical (unpaired) electrons. The van der Waals surface area contributed by atoms with Gasteiger partial charge in [0.25, 0.3) is 0 Å². The molecule has 2 N–H and O–H groups in total. The number of hydrogen-bond donors (Lipinski definition) is 2. The van der Waals surface area contributed by atoms with Crippen LogP contribution in [0.4, 0.5) is 5.69 Å². The molecule has 0 fully saturated rings. The molecule has 21 heavy (non-hydrogen) atoms. The van der Waals surface area contributed by atoms with E-state index < -0.39 is 0 Å². The van der Waals surface area contributed by atoms with Gasteiger partial charge in [-0.1, -0.05) is 12.1 Å². The lowest BCUT2D eigenvalue weighted by Crippen LogP contribution is -2.07. The first-order valence-electron chi connectivity index (χ1n) is 6.51. The highest BCUT2D eigenvalue weighted by Gasteiger charge is 2.13. The fraction of sp³-hybridized carbons (Fsp3) is 0.250. The molecule has 1 unspecified atom stereocenters. The van der Waals surface area contributed by atoms with E-state index in [0.29, 0.717) is 5.75 Å². The van der Waals surface area contributed by atoms with Crippen molar-refractivity contribution in [2.45, 2.75) is 19.9 Å². The molecule has 0 heterocycles. The zero-order chi connectivity index (χ0) is 15.6. The van der Waals surface area contributed by atoms with Crippen LogP contribution in [0.3, 0.4) is 0 Å². The zero-order valence-electron chi connectivity index (χ0n) is 12.1. The molecule has 0 aliphatic carbocycles. The normalized spacial score (nSPS) is 12.0. The average Bonchev–Trinajstić information content (AvgIpc) is 2.41. The first kappa shape index (κ1) is 16.2. The number of methoxy groups -OCH3 is 1. The van der Waals surface area contributed by atoms with Gasteiger partial charge >= 0.3 is 0 Å². The predicted molar refractivity (Wildman–Crippen MR) is 93.3 cm³/mol. The van der Waals surface area contributed by atoms with Crippen LogP contribution in [-0.2, 0) is 0 Å². The van der Waals surface area contributed by atoms with Gasteiger partial charge in [-0.15, -0.1) is 0 Å². The van der Waals surface area contributed by atoms with Crippen LogP contribution in [0.2, 0.25) is 0 Å². The summed E-state index contributed by atoms with van der Waals surface area (Å²) in [6.45, 7) is 3.96. The maximum absolute atomic E-state index is 10.1. The van der Waals surface area contributed by atoms with Crippen molar-refractivity contribution in [1.29, 1.82) is 0 Å². The van der Waals surface area contributed by atoms with Crippen molar-refractivity contribution in [3.05, 3.63) is 50.4 Å². The Kier molecular flexibility index (Phi) is 5.17. The van der Waals surface area contributed by atoms with E-state index in [0.717, 1.165) is 31.5 Å². The summed E-state index contributed by atoms with van der Waals surface area (Å²) in [7, 11) is 1.63. The van der Waals surface area contributed by atoms with Crippen LogP contribution in [-0.4, -0.2) is 12.2 Å². The quantitative estimate of drug-likeness (QED) is 0.702. The standard InChI is InChI=1S/C16H17Br2NO2/c1-9-4-5-11(15(20)6-9)10(2)19-14-8-16(21-3)13(18)7-12(14)17/h4-8,10,19-20H,1-3H3. The summed E-state index contributed by atoms with van der Waals surface area (Å²) in [6, 6.07) is 9.51. The van der Waals surface area contributed by atoms with Gasteiger partial charge in [-0.05, 0) is 63.4 Å². The van der Waals surface area contributed by atoms with E-state index in [2.05, 4.69) is 37.2 Å². The molecule has 0 saturated heterocycles. The molecular weight excluding hydrogens is 398 g/mol. The SMILES string of the molecule is COc1cc(NC(C)c2ccc(C)cc2O)c(Br)cc1Br. The van der Waals surface area contributed by atoms with Crippen molar-refractivity contribution in [3.8, 4) is 11.5 Å². The molecule has 2 rings (SSSR count). The summed E-state index contributed by atoms with van der Waals surface area (Å²) in [4.78, 5) is 0. The number of hydrogen-bond acceptors (Lipinski definition) is 3. The van der Waals surface area contributed by atoms with E-state index in [1.165, 1.54) is 0 Å². The summed E-state index contributed by atoms with van der Waals surface area (Å²) < 4.78 is 7.12. The van der Waals surface area contributed by atoms with Gasteiger partial charge in [0.1, 0.15) is 11.5 Å². The number of aryl methyl sites for hydroxylation is 1. The van der Waals surface area contributed by atoms with Gasteiger partial charge in [0.15, 0.2) is 0 Å². The highest BCUT2D eigenvalue weighted by atomic mass is 79.9. The van der Waals surface area contributed by atoms with Crippen LogP contribution in [0.5, 0.6) is 11.5 Å². The van der Waals surface area contributed by atoms with Crippen LogP contribution >= 0.6 is 31.9 Å². The fourth-order valence-electron chi connectivity index (χ4n) is 2.13. The van der Waals surface area contributed by atoms with Gasteiger partial charge in [0.05, 0.1) is 23.3 Å². The van der Waals surface area contributed by atoms with Crippen molar-refractivity contribution in [1.82, 2.24) is 0 Å². The Morgan fingerprint density at radius 2 is 1.86 bits per heavy atom. The molecule has 5 heteroatoms. The predicted octanol–water partition coefficient (Wildman–Crippen LogP) is 5.41. The van der Waals surface area contributed by atoms with Gasteiger partial charge < -0.3 is 15.2 Å². The lowest BCUT2D eigenvalue weighted by atomic mass is 10.0. The Labute approximate surface area is 141 Å². The Morgan fingerprint density at radius 1 is 1.14 bits per heavy atom. The second-order valence-electron chi connectivity index (χ2n) is 4.89. The maximum Gasteiger partial charge on any atom is 0.135 e. The van der Waals surface area contributed by atoms with Gasteiger partial charge in [-0.3, -0.25) is 0 Å². The zero-order valence-corrected chi connectivity index (χ0v) is 15.2. The smallest absolute Gasteiger partial charge is 0.135 e. The van der Waals surface area contributed by atoms with Gasteiger partial charge in [-0.2, -0.15) is 0 Å². The number of benzene rings is 2. The summed E-state index contributed by atoms with van der Waals surface area (Å²) in [5.41, 5.74) is 2.80. The number of phenolic OH excluding ortho intramolecular Hbond substituents is 1. The number of ether oxygens (including phenoxy) is 1. The molecule has 3 nitrogen and oxygen atoms in total. The maximum atomic E-state index is 10.1. The molecule has 0 spiro atoms.